The van der Waals surface area contributed by atoms with Crippen LogP contribution in [0.3, 0.4) is 0 Å². The maximum Gasteiger partial charge on any atom is 0.0714 e. The van der Waals surface area contributed by atoms with E-state index in [0.717, 1.165) is 22.7 Å². The number of anilines is 3. The summed E-state index contributed by atoms with van der Waals surface area (Å²) in [4.78, 5) is 2.41. The molecule has 296 valence electrons. The molecule has 0 saturated heterocycles. The smallest absolute Gasteiger partial charge is 0.0714 e. The average Bonchev–Trinajstić information content (AvgIpc) is 3.94. The van der Waals surface area contributed by atoms with Gasteiger partial charge in [0.2, 0.25) is 0 Å². The number of rotatable bonds is 8. The summed E-state index contributed by atoms with van der Waals surface area (Å²) in [6.07, 6.45) is 2.18. The molecule has 0 atom stereocenters. The van der Waals surface area contributed by atoms with E-state index in [1.54, 1.807) is 0 Å². The first-order chi connectivity index (χ1) is 31.2. The highest BCUT2D eigenvalue weighted by Gasteiger charge is 2.46. The van der Waals surface area contributed by atoms with Gasteiger partial charge in [-0.2, -0.15) is 0 Å². The van der Waals surface area contributed by atoms with Gasteiger partial charge in [-0.3, -0.25) is 0 Å². The first kappa shape index (κ1) is 36.6. The Hall–Kier alpha value is -8.20. The van der Waals surface area contributed by atoms with Crippen LogP contribution < -0.4 is 4.90 Å². The number of hydrogen-bond acceptors (Lipinski definition) is 1. The predicted octanol–water partition coefficient (Wildman–Crippen LogP) is 16.0. The molecule has 11 aromatic rings. The van der Waals surface area contributed by atoms with Crippen molar-refractivity contribution >= 4 is 38.7 Å². The van der Waals surface area contributed by atoms with E-state index < -0.39 is 5.41 Å². The van der Waals surface area contributed by atoms with E-state index in [2.05, 4.69) is 264 Å². The molecule has 2 heteroatoms. The van der Waals surface area contributed by atoms with Gasteiger partial charge in [0.1, 0.15) is 0 Å². The maximum absolute atomic E-state index is 2.45. The molecule has 0 saturated carbocycles. The normalized spacial score (nSPS) is 12.6. The molecule has 2 nitrogen and oxygen atoms in total. The molecule has 0 aliphatic heterocycles. The van der Waals surface area contributed by atoms with Gasteiger partial charge in [0.25, 0.3) is 0 Å². The molecule has 1 aromatic heterocycles. The molecule has 0 N–H and O–H groups in total. The molecule has 1 heterocycles. The van der Waals surface area contributed by atoms with Crippen molar-refractivity contribution in [2.75, 3.05) is 4.90 Å². The highest BCUT2D eigenvalue weighted by atomic mass is 15.1. The number of hydrogen-bond donors (Lipinski definition) is 0. The number of nitrogens with zero attached hydrogens (tertiary/aromatic N) is 2. The molecule has 0 amide bonds. The van der Waals surface area contributed by atoms with E-state index in [1.807, 2.05) is 0 Å². The summed E-state index contributed by atoms with van der Waals surface area (Å²) in [5.74, 6) is 0. The van der Waals surface area contributed by atoms with Gasteiger partial charge in [-0.05, 0) is 116 Å². The molecule has 0 radical (unpaired) electrons. The molecule has 12 rings (SSSR count). The number of fused-ring (bicyclic) bond motifs is 6. The van der Waals surface area contributed by atoms with Crippen molar-refractivity contribution in [1.29, 1.82) is 0 Å². The summed E-state index contributed by atoms with van der Waals surface area (Å²) >= 11 is 0. The Morgan fingerprint density at radius 1 is 0.333 bits per heavy atom. The van der Waals surface area contributed by atoms with Crippen LogP contribution in [0.2, 0.25) is 0 Å². The standard InChI is InChI=1S/C61H42N2/c1-4-14-43(15-5-1)44-28-34-52(35-29-44)63(53-36-30-46(31-37-53)45-26-32-51(33-27-45)62-41-40-48-25-24-47-16-10-11-21-55(47)60(48)62)54-38-39-57-56-22-12-13-23-58(56)61(59(57)42-54,49-17-6-2-7-18-49)50-19-8-3-9-20-50/h1-42H. The zero-order chi connectivity index (χ0) is 41.7. The molecule has 0 bridgehead atoms. The molecule has 0 fully saturated rings. The summed E-state index contributed by atoms with van der Waals surface area (Å²) in [6.45, 7) is 0. The second kappa shape index (κ2) is 15.1. The van der Waals surface area contributed by atoms with E-state index in [1.165, 1.54) is 77.3 Å². The quantitative estimate of drug-likeness (QED) is 0.149. The summed E-state index contributed by atoms with van der Waals surface area (Å²) in [7, 11) is 0. The first-order valence-corrected chi connectivity index (χ1v) is 21.7. The maximum atomic E-state index is 2.45. The van der Waals surface area contributed by atoms with Crippen LogP contribution in [0.4, 0.5) is 17.1 Å². The highest BCUT2D eigenvalue weighted by molar-refractivity contribution is 6.06. The molecule has 63 heavy (non-hydrogen) atoms. The molecule has 0 spiro atoms. The summed E-state index contributed by atoms with van der Waals surface area (Å²) in [6, 6.07) is 91.0. The predicted molar refractivity (Wildman–Crippen MR) is 264 cm³/mol. The van der Waals surface area contributed by atoms with Gasteiger partial charge in [-0.15, -0.1) is 0 Å². The Balaban J connectivity index is 0.972. The SMILES string of the molecule is c1ccc(-c2ccc(N(c3ccc(-c4ccc(-n5ccc6ccc7ccccc7c65)cc4)cc3)c3ccc4c(c3)C(c3ccccc3)(c3ccccc3)c3ccccc3-4)cc2)cc1. The zero-order valence-electron chi connectivity index (χ0n) is 34.6. The fraction of sp³-hybridized carbons (Fsp3) is 0.0164. The van der Waals surface area contributed by atoms with Gasteiger partial charge >= 0.3 is 0 Å². The van der Waals surface area contributed by atoms with Crippen LogP contribution in [0, 0.1) is 0 Å². The summed E-state index contributed by atoms with van der Waals surface area (Å²) < 4.78 is 2.31. The topological polar surface area (TPSA) is 8.17 Å². The first-order valence-electron chi connectivity index (χ1n) is 21.7. The highest BCUT2D eigenvalue weighted by Crippen LogP contribution is 2.57. The van der Waals surface area contributed by atoms with Crippen molar-refractivity contribution in [2.24, 2.45) is 0 Å². The Morgan fingerprint density at radius 2 is 0.825 bits per heavy atom. The lowest BCUT2D eigenvalue weighted by Gasteiger charge is -2.35. The van der Waals surface area contributed by atoms with E-state index in [4.69, 9.17) is 0 Å². The second-order valence-electron chi connectivity index (χ2n) is 16.5. The van der Waals surface area contributed by atoms with Gasteiger partial charge < -0.3 is 9.47 Å². The number of benzene rings is 10. The molecule has 1 aliphatic carbocycles. The monoisotopic (exact) mass is 802 g/mol. The Bertz CT molecular complexity index is 3360. The number of aromatic nitrogens is 1. The van der Waals surface area contributed by atoms with Crippen LogP contribution in [0.15, 0.2) is 255 Å². The zero-order valence-corrected chi connectivity index (χ0v) is 34.6. The average molecular weight is 803 g/mol. The third kappa shape index (κ3) is 6.02. The Kier molecular flexibility index (Phi) is 8.76. The minimum absolute atomic E-state index is 0.497. The minimum atomic E-state index is -0.497. The third-order valence-electron chi connectivity index (χ3n) is 13.1. The van der Waals surface area contributed by atoms with Crippen LogP contribution >= 0.6 is 0 Å². The van der Waals surface area contributed by atoms with Crippen LogP contribution in [0.1, 0.15) is 22.3 Å². The lowest BCUT2D eigenvalue weighted by Crippen LogP contribution is -2.28. The molecule has 0 unspecified atom stereocenters. The molecular formula is C61H42N2. The van der Waals surface area contributed by atoms with E-state index in [-0.39, 0.29) is 0 Å². The lowest BCUT2D eigenvalue weighted by molar-refractivity contribution is 0.768. The van der Waals surface area contributed by atoms with Crippen molar-refractivity contribution in [3.8, 4) is 39.1 Å². The van der Waals surface area contributed by atoms with Crippen molar-refractivity contribution < 1.29 is 0 Å². The van der Waals surface area contributed by atoms with Gasteiger partial charge in [0, 0.05) is 39.7 Å². The van der Waals surface area contributed by atoms with Gasteiger partial charge in [-0.1, -0.05) is 194 Å². The largest absolute Gasteiger partial charge is 0.316 e. The van der Waals surface area contributed by atoms with E-state index in [0.29, 0.717) is 0 Å². The second-order valence-corrected chi connectivity index (χ2v) is 16.5. The fourth-order valence-electron chi connectivity index (χ4n) is 10.2. The fourth-order valence-corrected chi connectivity index (χ4v) is 10.2. The van der Waals surface area contributed by atoms with E-state index in [9.17, 15) is 0 Å². The molecule has 10 aromatic carbocycles. The van der Waals surface area contributed by atoms with Gasteiger partial charge in [-0.25, -0.2) is 0 Å². The van der Waals surface area contributed by atoms with Crippen molar-refractivity contribution in [1.82, 2.24) is 4.57 Å². The summed E-state index contributed by atoms with van der Waals surface area (Å²) in [5, 5.41) is 3.75. The molecular weight excluding hydrogens is 761 g/mol. The van der Waals surface area contributed by atoms with Crippen LogP contribution in [-0.4, -0.2) is 4.57 Å². The van der Waals surface area contributed by atoms with Crippen LogP contribution in [0.5, 0.6) is 0 Å². The lowest BCUT2D eigenvalue weighted by atomic mass is 9.67. The van der Waals surface area contributed by atoms with Crippen molar-refractivity contribution in [3.63, 3.8) is 0 Å². The van der Waals surface area contributed by atoms with Crippen LogP contribution in [-0.2, 0) is 5.41 Å². The Labute approximate surface area is 368 Å². The Morgan fingerprint density at radius 3 is 1.48 bits per heavy atom. The van der Waals surface area contributed by atoms with Crippen LogP contribution in [0.25, 0.3) is 60.7 Å². The van der Waals surface area contributed by atoms with Crippen molar-refractivity contribution in [2.45, 2.75) is 5.41 Å². The molecule has 1 aliphatic rings. The van der Waals surface area contributed by atoms with E-state index >= 15 is 0 Å². The van der Waals surface area contributed by atoms with Gasteiger partial charge in [0.05, 0.1) is 10.9 Å². The third-order valence-corrected chi connectivity index (χ3v) is 13.1. The van der Waals surface area contributed by atoms with Crippen molar-refractivity contribution in [3.05, 3.63) is 277 Å². The minimum Gasteiger partial charge on any atom is -0.316 e. The van der Waals surface area contributed by atoms with Gasteiger partial charge in [0.15, 0.2) is 0 Å². The summed E-state index contributed by atoms with van der Waals surface area (Å²) in [5.41, 5.74) is 17.6.